The Bertz CT molecular complexity index is 1050. The molecular formula is C19H14ClF3N2O2S. The Labute approximate surface area is 167 Å². The van der Waals surface area contributed by atoms with Crippen LogP contribution in [0.25, 0.3) is 10.2 Å². The lowest BCUT2D eigenvalue weighted by Gasteiger charge is -2.31. The van der Waals surface area contributed by atoms with Crippen LogP contribution in [0.15, 0.2) is 30.3 Å². The number of thiazole rings is 1. The minimum atomic E-state index is -0.724. The molecule has 1 aliphatic rings. The van der Waals surface area contributed by atoms with E-state index in [4.69, 9.17) is 16.3 Å². The second-order valence-electron chi connectivity index (χ2n) is 6.45. The highest BCUT2D eigenvalue weighted by Crippen LogP contribution is 2.32. The first-order valence-corrected chi connectivity index (χ1v) is 9.77. The largest absolute Gasteiger partial charge is 0.467 e. The Morgan fingerprint density at radius 1 is 1.14 bits per heavy atom. The molecule has 146 valence electrons. The van der Waals surface area contributed by atoms with Gasteiger partial charge in [-0.2, -0.15) is 4.98 Å². The van der Waals surface area contributed by atoms with Crippen molar-refractivity contribution in [2.24, 2.45) is 0 Å². The van der Waals surface area contributed by atoms with Gasteiger partial charge in [0.2, 0.25) is 0 Å². The molecule has 28 heavy (non-hydrogen) atoms. The normalized spacial score (nSPS) is 15.2. The number of piperidine rings is 1. The molecule has 0 bridgehead atoms. The third-order valence-electron chi connectivity index (χ3n) is 4.55. The zero-order valence-corrected chi connectivity index (χ0v) is 16.0. The van der Waals surface area contributed by atoms with E-state index in [1.165, 1.54) is 18.2 Å². The van der Waals surface area contributed by atoms with Gasteiger partial charge in [0.15, 0.2) is 5.82 Å². The van der Waals surface area contributed by atoms with Crippen molar-refractivity contribution in [1.82, 2.24) is 9.88 Å². The van der Waals surface area contributed by atoms with Gasteiger partial charge in [-0.05, 0) is 24.3 Å². The fourth-order valence-corrected chi connectivity index (χ4v) is 4.31. The van der Waals surface area contributed by atoms with Gasteiger partial charge in [-0.1, -0.05) is 22.9 Å². The Balaban J connectivity index is 1.40. The minimum absolute atomic E-state index is 0.0760. The Kier molecular flexibility index (Phi) is 5.16. The monoisotopic (exact) mass is 426 g/mol. The Morgan fingerprint density at radius 3 is 2.61 bits per heavy atom. The maximum atomic E-state index is 13.8. The summed E-state index contributed by atoms with van der Waals surface area (Å²) in [6.45, 7) is 0.871. The number of fused-ring (bicyclic) bond motifs is 1. The molecule has 0 saturated carbocycles. The zero-order chi connectivity index (χ0) is 19.8. The highest BCUT2D eigenvalue weighted by molar-refractivity contribution is 7.20. The van der Waals surface area contributed by atoms with Crippen molar-refractivity contribution in [2.75, 3.05) is 13.1 Å². The van der Waals surface area contributed by atoms with Gasteiger partial charge in [0.25, 0.3) is 11.1 Å². The van der Waals surface area contributed by atoms with E-state index in [-0.39, 0.29) is 33.3 Å². The lowest BCUT2D eigenvalue weighted by Crippen LogP contribution is -2.41. The SMILES string of the molecule is O=C(c1ccc(F)cc1Cl)N1CCC(Oc2nc3c(F)cc(F)cc3s2)CC1. The summed E-state index contributed by atoms with van der Waals surface area (Å²) in [6, 6.07) is 5.69. The van der Waals surface area contributed by atoms with E-state index in [0.717, 1.165) is 23.5 Å². The fourth-order valence-electron chi connectivity index (χ4n) is 3.14. The zero-order valence-electron chi connectivity index (χ0n) is 14.4. The number of rotatable bonds is 3. The Morgan fingerprint density at radius 2 is 1.89 bits per heavy atom. The number of likely N-dealkylation sites (tertiary alicyclic amines) is 1. The summed E-state index contributed by atoms with van der Waals surface area (Å²) in [6.07, 6.45) is 0.912. The van der Waals surface area contributed by atoms with Crippen LogP contribution in [0.3, 0.4) is 0 Å². The number of ether oxygens (including phenoxy) is 1. The molecule has 0 atom stereocenters. The van der Waals surface area contributed by atoms with E-state index < -0.39 is 17.5 Å². The van der Waals surface area contributed by atoms with Gasteiger partial charge >= 0.3 is 0 Å². The average molecular weight is 427 g/mol. The molecule has 1 aromatic heterocycles. The molecule has 1 amide bonds. The third kappa shape index (κ3) is 3.79. The molecule has 4 rings (SSSR count). The summed E-state index contributed by atoms with van der Waals surface area (Å²) < 4.78 is 46.4. The molecule has 0 unspecified atom stereocenters. The van der Waals surface area contributed by atoms with Crippen LogP contribution in [0.1, 0.15) is 23.2 Å². The number of amides is 1. The van der Waals surface area contributed by atoms with Crippen molar-refractivity contribution < 1.29 is 22.7 Å². The molecule has 4 nitrogen and oxygen atoms in total. The second kappa shape index (κ2) is 7.60. The van der Waals surface area contributed by atoms with Crippen LogP contribution in [0.4, 0.5) is 13.2 Å². The molecule has 0 aliphatic carbocycles. The number of carbonyl (C=O) groups excluding carboxylic acids is 1. The first-order valence-electron chi connectivity index (χ1n) is 8.57. The van der Waals surface area contributed by atoms with Gasteiger partial charge in [-0.15, -0.1) is 0 Å². The van der Waals surface area contributed by atoms with Crippen molar-refractivity contribution in [3.05, 3.63) is 58.4 Å². The maximum Gasteiger partial charge on any atom is 0.274 e. The van der Waals surface area contributed by atoms with E-state index in [2.05, 4.69) is 4.98 Å². The molecule has 9 heteroatoms. The van der Waals surface area contributed by atoms with E-state index >= 15 is 0 Å². The highest BCUT2D eigenvalue weighted by atomic mass is 35.5. The van der Waals surface area contributed by atoms with Crippen LogP contribution in [0, 0.1) is 17.5 Å². The van der Waals surface area contributed by atoms with Crippen LogP contribution in [0.5, 0.6) is 5.19 Å². The number of nitrogens with zero attached hydrogens (tertiary/aromatic N) is 2. The van der Waals surface area contributed by atoms with Crippen LogP contribution in [-0.2, 0) is 0 Å². The van der Waals surface area contributed by atoms with Crippen molar-refractivity contribution in [3.8, 4) is 5.19 Å². The third-order valence-corrected chi connectivity index (χ3v) is 5.76. The standard InChI is InChI=1S/C19H14ClF3N2O2S/c20-14-7-10(21)1-2-13(14)18(26)25-5-3-12(4-6-25)27-19-24-17-15(23)8-11(22)9-16(17)28-19/h1-2,7-9,12H,3-6H2. The fraction of sp³-hybridized carbons (Fsp3) is 0.263. The molecule has 1 aliphatic heterocycles. The van der Waals surface area contributed by atoms with Crippen LogP contribution in [0.2, 0.25) is 5.02 Å². The molecule has 2 heterocycles. The first kappa shape index (κ1) is 19.0. The lowest BCUT2D eigenvalue weighted by atomic mass is 10.1. The van der Waals surface area contributed by atoms with E-state index in [1.54, 1.807) is 4.90 Å². The van der Waals surface area contributed by atoms with Crippen molar-refractivity contribution in [2.45, 2.75) is 18.9 Å². The number of benzene rings is 2. The molecule has 0 N–H and O–H groups in total. The van der Waals surface area contributed by atoms with Crippen LogP contribution in [-0.4, -0.2) is 35.0 Å². The molecule has 0 radical (unpaired) electrons. The Hall–Kier alpha value is -2.32. The molecule has 0 spiro atoms. The van der Waals surface area contributed by atoms with E-state index in [9.17, 15) is 18.0 Å². The van der Waals surface area contributed by atoms with Gasteiger partial charge < -0.3 is 9.64 Å². The second-order valence-corrected chi connectivity index (χ2v) is 7.85. The van der Waals surface area contributed by atoms with Crippen molar-refractivity contribution >= 4 is 39.1 Å². The lowest BCUT2D eigenvalue weighted by molar-refractivity contribution is 0.0595. The van der Waals surface area contributed by atoms with Gasteiger partial charge in [0.1, 0.15) is 23.3 Å². The summed E-state index contributed by atoms with van der Waals surface area (Å²) in [5.74, 6) is -2.15. The topological polar surface area (TPSA) is 42.4 Å². The molecule has 1 saturated heterocycles. The van der Waals surface area contributed by atoms with Gasteiger partial charge in [-0.25, -0.2) is 13.2 Å². The molecule has 1 fully saturated rings. The van der Waals surface area contributed by atoms with E-state index in [0.29, 0.717) is 30.6 Å². The van der Waals surface area contributed by atoms with Crippen molar-refractivity contribution in [3.63, 3.8) is 0 Å². The van der Waals surface area contributed by atoms with Crippen LogP contribution >= 0.6 is 22.9 Å². The summed E-state index contributed by atoms with van der Waals surface area (Å²) >= 11 is 7.05. The van der Waals surface area contributed by atoms with Gasteiger partial charge in [-0.3, -0.25) is 4.79 Å². The number of carbonyl (C=O) groups is 1. The number of halogens is 4. The smallest absolute Gasteiger partial charge is 0.274 e. The number of hydrogen-bond donors (Lipinski definition) is 0. The average Bonchev–Trinajstić information content (AvgIpc) is 3.04. The summed E-state index contributed by atoms with van der Waals surface area (Å²) in [5, 5.41) is 0.345. The highest BCUT2D eigenvalue weighted by Gasteiger charge is 2.27. The minimum Gasteiger partial charge on any atom is -0.467 e. The maximum absolute atomic E-state index is 13.8. The van der Waals surface area contributed by atoms with Crippen LogP contribution < -0.4 is 4.74 Å². The number of aromatic nitrogens is 1. The van der Waals surface area contributed by atoms with E-state index in [1.807, 2.05) is 0 Å². The van der Waals surface area contributed by atoms with Crippen molar-refractivity contribution in [1.29, 1.82) is 0 Å². The molecule has 2 aromatic carbocycles. The summed E-state index contributed by atoms with van der Waals surface area (Å²) in [7, 11) is 0. The quantitative estimate of drug-likeness (QED) is 0.588. The predicted octanol–water partition coefficient (Wildman–Crippen LogP) is 5.05. The predicted molar refractivity (Wildman–Crippen MR) is 100 cm³/mol. The summed E-state index contributed by atoms with van der Waals surface area (Å²) in [5.41, 5.74) is 0.339. The number of hydrogen-bond acceptors (Lipinski definition) is 4. The van der Waals surface area contributed by atoms with Gasteiger partial charge in [0, 0.05) is 32.0 Å². The molecular weight excluding hydrogens is 413 g/mol. The molecule has 3 aromatic rings. The first-order chi connectivity index (χ1) is 13.4. The van der Waals surface area contributed by atoms with Gasteiger partial charge in [0.05, 0.1) is 15.3 Å². The summed E-state index contributed by atoms with van der Waals surface area (Å²) in [4.78, 5) is 18.3.